The summed E-state index contributed by atoms with van der Waals surface area (Å²) < 4.78 is 22.9. The molecular weight excluding hydrogens is 356 g/mol. The SMILES string of the molecule is Cc1ccc(CN2CCSCC2)cc1NC(=O)CC1C=CS(=O)(=O)C1. The molecule has 0 bridgehead atoms. The number of allylic oxidation sites excluding steroid dienone is 1. The van der Waals surface area contributed by atoms with Crippen molar-refractivity contribution in [2.75, 3.05) is 35.7 Å². The fraction of sp³-hybridized carbons (Fsp3) is 0.500. The van der Waals surface area contributed by atoms with Crippen LogP contribution in [0, 0.1) is 12.8 Å². The minimum atomic E-state index is -3.11. The van der Waals surface area contributed by atoms with Crippen LogP contribution in [0.25, 0.3) is 0 Å². The Kier molecular flexibility index (Phi) is 5.86. The molecule has 1 N–H and O–H groups in total. The minimum Gasteiger partial charge on any atom is -0.326 e. The van der Waals surface area contributed by atoms with E-state index in [2.05, 4.69) is 16.3 Å². The second kappa shape index (κ2) is 7.93. The molecule has 0 radical (unpaired) electrons. The van der Waals surface area contributed by atoms with Crippen LogP contribution < -0.4 is 5.32 Å². The average Bonchev–Trinajstić information content (AvgIpc) is 2.90. The van der Waals surface area contributed by atoms with Gasteiger partial charge in [-0.25, -0.2) is 8.42 Å². The number of nitrogens with zero attached hydrogens (tertiary/aromatic N) is 1. The van der Waals surface area contributed by atoms with Crippen LogP contribution in [-0.4, -0.2) is 49.6 Å². The Morgan fingerprint density at radius 1 is 1.32 bits per heavy atom. The van der Waals surface area contributed by atoms with Crippen molar-refractivity contribution in [1.29, 1.82) is 0 Å². The van der Waals surface area contributed by atoms with Gasteiger partial charge >= 0.3 is 0 Å². The van der Waals surface area contributed by atoms with Crippen LogP contribution in [0.3, 0.4) is 0 Å². The molecule has 3 rings (SSSR count). The van der Waals surface area contributed by atoms with Crippen LogP contribution in [0.4, 0.5) is 5.69 Å². The fourth-order valence-electron chi connectivity index (χ4n) is 3.13. The summed E-state index contributed by atoms with van der Waals surface area (Å²) in [5.41, 5.74) is 3.02. The van der Waals surface area contributed by atoms with Gasteiger partial charge in [0, 0.05) is 54.6 Å². The summed E-state index contributed by atoms with van der Waals surface area (Å²) in [6.07, 6.45) is 1.81. The van der Waals surface area contributed by atoms with E-state index in [1.807, 2.05) is 30.8 Å². The van der Waals surface area contributed by atoms with Crippen LogP contribution in [0.15, 0.2) is 29.7 Å². The van der Waals surface area contributed by atoms with Crippen molar-refractivity contribution in [3.63, 3.8) is 0 Å². The molecule has 2 aliphatic heterocycles. The molecular formula is C18H24N2O3S2. The Bertz CT molecular complexity index is 769. The van der Waals surface area contributed by atoms with Gasteiger partial charge in [-0.05, 0) is 24.1 Å². The van der Waals surface area contributed by atoms with E-state index in [-0.39, 0.29) is 24.0 Å². The van der Waals surface area contributed by atoms with E-state index in [1.54, 1.807) is 6.08 Å². The third-order valence-electron chi connectivity index (χ3n) is 4.54. The molecule has 2 aliphatic rings. The van der Waals surface area contributed by atoms with Crippen molar-refractivity contribution in [1.82, 2.24) is 4.90 Å². The third-order valence-corrected chi connectivity index (χ3v) is 6.95. The number of hydrogen-bond donors (Lipinski definition) is 1. The lowest BCUT2D eigenvalue weighted by molar-refractivity contribution is -0.116. The number of benzene rings is 1. The first-order valence-electron chi connectivity index (χ1n) is 8.52. The van der Waals surface area contributed by atoms with Crippen molar-refractivity contribution in [3.8, 4) is 0 Å². The van der Waals surface area contributed by atoms with Gasteiger partial charge in [-0.2, -0.15) is 11.8 Å². The normalized spacial score (nSPS) is 22.8. The lowest BCUT2D eigenvalue weighted by atomic mass is 10.1. The number of thioether (sulfide) groups is 1. The van der Waals surface area contributed by atoms with E-state index in [4.69, 9.17) is 0 Å². The van der Waals surface area contributed by atoms with Crippen LogP contribution >= 0.6 is 11.8 Å². The van der Waals surface area contributed by atoms with Crippen LogP contribution in [0.2, 0.25) is 0 Å². The topological polar surface area (TPSA) is 66.5 Å². The number of nitrogens with one attached hydrogen (secondary N) is 1. The number of sulfone groups is 1. The largest absolute Gasteiger partial charge is 0.326 e. The Hall–Kier alpha value is -1.31. The number of hydrogen-bond acceptors (Lipinski definition) is 5. The molecule has 1 unspecified atom stereocenters. The highest BCUT2D eigenvalue weighted by molar-refractivity contribution is 7.99. The van der Waals surface area contributed by atoms with Gasteiger partial charge in [-0.3, -0.25) is 9.69 Å². The highest BCUT2D eigenvalue weighted by Crippen LogP contribution is 2.22. The molecule has 1 aromatic carbocycles. The second-order valence-corrected chi connectivity index (χ2v) is 9.86. The summed E-state index contributed by atoms with van der Waals surface area (Å²) in [4.78, 5) is 14.7. The summed E-state index contributed by atoms with van der Waals surface area (Å²) in [5.74, 6) is 2.02. The van der Waals surface area contributed by atoms with Gasteiger partial charge in [0.15, 0.2) is 9.84 Å². The van der Waals surface area contributed by atoms with Crippen LogP contribution in [-0.2, 0) is 21.2 Å². The van der Waals surface area contributed by atoms with Crippen molar-refractivity contribution in [2.24, 2.45) is 5.92 Å². The van der Waals surface area contributed by atoms with Crippen LogP contribution in [0.5, 0.6) is 0 Å². The van der Waals surface area contributed by atoms with E-state index in [1.165, 1.54) is 22.5 Å². The van der Waals surface area contributed by atoms with Gasteiger partial charge in [-0.1, -0.05) is 18.2 Å². The molecule has 1 saturated heterocycles. The summed E-state index contributed by atoms with van der Waals surface area (Å²) in [6.45, 7) is 5.07. The van der Waals surface area contributed by atoms with E-state index < -0.39 is 9.84 Å². The Morgan fingerprint density at radius 2 is 2.08 bits per heavy atom. The highest BCUT2D eigenvalue weighted by atomic mass is 32.2. The van der Waals surface area contributed by atoms with E-state index >= 15 is 0 Å². The van der Waals surface area contributed by atoms with Crippen molar-refractivity contribution < 1.29 is 13.2 Å². The molecule has 25 heavy (non-hydrogen) atoms. The van der Waals surface area contributed by atoms with E-state index in [9.17, 15) is 13.2 Å². The summed E-state index contributed by atoms with van der Waals surface area (Å²) >= 11 is 1.99. The van der Waals surface area contributed by atoms with Crippen molar-refractivity contribution in [3.05, 3.63) is 40.8 Å². The molecule has 0 aliphatic carbocycles. The molecule has 1 atom stereocenters. The Balaban J connectivity index is 1.60. The van der Waals surface area contributed by atoms with Gasteiger partial charge < -0.3 is 5.32 Å². The molecule has 2 heterocycles. The lowest BCUT2D eigenvalue weighted by Gasteiger charge is -2.26. The van der Waals surface area contributed by atoms with E-state index in [0.29, 0.717) is 0 Å². The number of rotatable bonds is 5. The fourth-order valence-corrected chi connectivity index (χ4v) is 5.50. The number of carbonyl (C=O) groups excluding carboxylic acids is 1. The maximum atomic E-state index is 12.3. The number of carbonyl (C=O) groups is 1. The Labute approximate surface area is 153 Å². The van der Waals surface area contributed by atoms with Gasteiger partial charge in [0.2, 0.25) is 5.91 Å². The first-order valence-corrected chi connectivity index (χ1v) is 11.4. The Morgan fingerprint density at radius 3 is 2.76 bits per heavy atom. The third kappa shape index (κ3) is 5.33. The van der Waals surface area contributed by atoms with Crippen LogP contribution in [0.1, 0.15) is 17.5 Å². The smallest absolute Gasteiger partial charge is 0.225 e. The zero-order valence-electron chi connectivity index (χ0n) is 14.4. The first-order chi connectivity index (χ1) is 11.9. The number of anilines is 1. The zero-order chi connectivity index (χ0) is 17.9. The number of aryl methyl sites for hydroxylation is 1. The monoisotopic (exact) mass is 380 g/mol. The second-order valence-electron chi connectivity index (χ2n) is 6.71. The van der Waals surface area contributed by atoms with Crippen molar-refractivity contribution in [2.45, 2.75) is 19.9 Å². The molecule has 1 fully saturated rings. The molecule has 1 aromatic rings. The van der Waals surface area contributed by atoms with Gasteiger partial charge in [0.1, 0.15) is 0 Å². The molecule has 0 saturated carbocycles. The molecule has 1 amide bonds. The van der Waals surface area contributed by atoms with Gasteiger partial charge in [0.05, 0.1) is 5.75 Å². The summed E-state index contributed by atoms with van der Waals surface area (Å²) in [7, 11) is -3.11. The first kappa shape index (κ1) is 18.5. The molecule has 5 nitrogen and oxygen atoms in total. The minimum absolute atomic E-state index is 0.0341. The summed E-state index contributed by atoms with van der Waals surface area (Å²) in [6, 6.07) is 6.18. The predicted octanol–water partition coefficient (Wildman–Crippen LogP) is 2.43. The predicted molar refractivity (Wildman–Crippen MR) is 103 cm³/mol. The quantitative estimate of drug-likeness (QED) is 0.850. The van der Waals surface area contributed by atoms with E-state index in [0.717, 1.165) is 30.9 Å². The zero-order valence-corrected chi connectivity index (χ0v) is 16.0. The lowest BCUT2D eigenvalue weighted by Crippen LogP contribution is -2.32. The molecule has 0 spiro atoms. The van der Waals surface area contributed by atoms with Crippen molar-refractivity contribution >= 4 is 33.2 Å². The molecule has 0 aromatic heterocycles. The summed E-state index contributed by atoms with van der Waals surface area (Å²) in [5, 5.41) is 4.17. The van der Waals surface area contributed by atoms with Gasteiger partial charge in [0.25, 0.3) is 0 Å². The number of amides is 1. The average molecular weight is 381 g/mol. The maximum Gasteiger partial charge on any atom is 0.225 e. The standard InChI is InChI=1S/C18H24N2O3S2/c1-14-2-3-15(12-20-5-7-24-8-6-20)10-17(14)19-18(21)11-16-4-9-25(22,23)13-16/h2-4,9-10,16H,5-8,11-13H2,1H3,(H,19,21). The molecule has 136 valence electrons. The van der Waals surface area contributed by atoms with Gasteiger partial charge in [-0.15, -0.1) is 0 Å². The molecule has 7 heteroatoms. The highest BCUT2D eigenvalue weighted by Gasteiger charge is 2.24. The maximum absolute atomic E-state index is 12.3.